The Balaban J connectivity index is 0.000000433. The summed E-state index contributed by atoms with van der Waals surface area (Å²) in [6.45, 7) is 0. The van der Waals surface area contributed by atoms with Gasteiger partial charge in [-0.3, -0.25) is 0 Å². The number of benzene rings is 3. The van der Waals surface area contributed by atoms with E-state index in [1.54, 1.807) is 0 Å². The van der Waals surface area contributed by atoms with Crippen LogP contribution in [0.15, 0.2) is 84.9 Å². The summed E-state index contributed by atoms with van der Waals surface area (Å²) in [6, 6.07) is 29.8. The lowest BCUT2D eigenvalue weighted by molar-refractivity contribution is 0.137. The standard InChI is InChI=1S/C19H16.CH2O3/c1-3-9-16(10-4-1)15-18-13-7-8-14-19(18)17-11-5-2-6-12-17;2-1(3)4/h1-14H,15H2;(H2,2,3,4). The Morgan fingerprint density at radius 3 is 1.78 bits per heavy atom. The van der Waals surface area contributed by atoms with Gasteiger partial charge in [-0.2, -0.15) is 0 Å². The molecule has 23 heavy (non-hydrogen) atoms. The Kier molecular flexibility index (Phi) is 5.95. The zero-order chi connectivity index (χ0) is 16.5. The lowest BCUT2D eigenvalue weighted by Gasteiger charge is -2.09. The number of rotatable bonds is 3. The first kappa shape index (κ1) is 16.3. The molecule has 0 saturated heterocycles. The van der Waals surface area contributed by atoms with Crippen molar-refractivity contribution in [3.05, 3.63) is 96.1 Å². The maximum Gasteiger partial charge on any atom is 0.503 e. The molecule has 0 heterocycles. The quantitative estimate of drug-likeness (QED) is 0.702. The maximum absolute atomic E-state index is 8.56. The van der Waals surface area contributed by atoms with Gasteiger partial charge in [-0.05, 0) is 28.7 Å². The molecule has 116 valence electrons. The number of carbonyl (C=O) groups is 1. The van der Waals surface area contributed by atoms with E-state index in [4.69, 9.17) is 15.0 Å². The third-order valence-electron chi connectivity index (χ3n) is 3.34. The van der Waals surface area contributed by atoms with Gasteiger partial charge >= 0.3 is 6.16 Å². The van der Waals surface area contributed by atoms with Gasteiger partial charge in [-0.1, -0.05) is 84.9 Å². The predicted molar refractivity (Wildman–Crippen MR) is 91.8 cm³/mol. The molecule has 0 spiro atoms. The van der Waals surface area contributed by atoms with Gasteiger partial charge < -0.3 is 10.2 Å². The molecule has 0 amide bonds. The molecule has 0 fully saturated rings. The van der Waals surface area contributed by atoms with Crippen LogP contribution in [0.3, 0.4) is 0 Å². The summed E-state index contributed by atoms with van der Waals surface area (Å²) in [6.07, 6.45) is -0.855. The summed E-state index contributed by atoms with van der Waals surface area (Å²) in [5.74, 6) is 0. The van der Waals surface area contributed by atoms with E-state index < -0.39 is 6.16 Å². The number of hydrogen-bond acceptors (Lipinski definition) is 1. The minimum Gasteiger partial charge on any atom is -0.450 e. The molecule has 0 aliphatic carbocycles. The Morgan fingerprint density at radius 1 is 0.696 bits per heavy atom. The summed E-state index contributed by atoms with van der Waals surface area (Å²) in [5.41, 5.74) is 5.34. The van der Waals surface area contributed by atoms with Gasteiger partial charge in [0, 0.05) is 0 Å². The first-order valence-corrected chi connectivity index (χ1v) is 7.26. The molecule has 3 aromatic carbocycles. The molecule has 0 aromatic heterocycles. The van der Waals surface area contributed by atoms with E-state index in [0.717, 1.165) is 6.42 Å². The lowest BCUT2D eigenvalue weighted by Crippen LogP contribution is -1.91. The molecule has 0 bridgehead atoms. The van der Waals surface area contributed by atoms with Crippen LogP contribution in [-0.2, 0) is 6.42 Å². The smallest absolute Gasteiger partial charge is 0.450 e. The van der Waals surface area contributed by atoms with E-state index >= 15 is 0 Å². The maximum atomic E-state index is 8.56. The van der Waals surface area contributed by atoms with Crippen LogP contribution in [0.2, 0.25) is 0 Å². The molecular formula is C20H18O3. The largest absolute Gasteiger partial charge is 0.503 e. The van der Waals surface area contributed by atoms with Gasteiger partial charge in [0.05, 0.1) is 0 Å². The van der Waals surface area contributed by atoms with Crippen LogP contribution in [0.25, 0.3) is 11.1 Å². The van der Waals surface area contributed by atoms with E-state index in [1.165, 1.54) is 22.3 Å². The molecule has 3 rings (SSSR count). The molecule has 0 atom stereocenters. The van der Waals surface area contributed by atoms with Gasteiger partial charge in [0.15, 0.2) is 0 Å². The highest BCUT2D eigenvalue weighted by atomic mass is 16.6. The summed E-state index contributed by atoms with van der Waals surface area (Å²) in [5, 5.41) is 13.9. The summed E-state index contributed by atoms with van der Waals surface area (Å²) in [7, 11) is 0. The summed E-state index contributed by atoms with van der Waals surface area (Å²) < 4.78 is 0. The van der Waals surface area contributed by atoms with E-state index in [-0.39, 0.29) is 0 Å². The van der Waals surface area contributed by atoms with Gasteiger partial charge in [0.1, 0.15) is 0 Å². The molecule has 3 aromatic rings. The van der Waals surface area contributed by atoms with Crippen molar-refractivity contribution in [2.45, 2.75) is 6.42 Å². The topological polar surface area (TPSA) is 57.5 Å². The van der Waals surface area contributed by atoms with Crippen molar-refractivity contribution in [2.24, 2.45) is 0 Å². The van der Waals surface area contributed by atoms with Gasteiger partial charge in [-0.25, -0.2) is 4.79 Å². The number of carboxylic acid groups (broad SMARTS) is 2. The minimum atomic E-state index is -1.83. The van der Waals surface area contributed by atoms with Crippen molar-refractivity contribution in [3.63, 3.8) is 0 Å². The van der Waals surface area contributed by atoms with Crippen molar-refractivity contribution in [1.82, 2.24) is 0 Å². The van der Waals surface area contributed by atoms with E-state index in [1.807, 2.05) is 0 Å². The van der Waals surface area contributed by atoms with E-state index in [9.17, 15) is 0 Å². The first-order valence-electron chi connectivity index (χ1n) is 7.26. The van der Waals surface area contributed by atoms with Crippen LogP contribution >= 0.6 is 0 Å². The van der Waals surface area contributed by atoms with Crippen molar-refractivity contribution in [2.75, 3.05) is 0 Å². The van der Waals surface area contributed by atoms with E-state index in [0.29, 0.717) is 0 Å². The molecule has 0 unspecified atom stereocenters. The minimum absolute atomic E-state index is 0.978. The fourth-order valence-electron chi connectivity index (χ4n) is 2.39. The molecular weight excluding hydrogens is 288 g/mol. The van der Waals surface area contributed by atoms with Crippen LogP contribution in [0.1, 0.15) is 11.1 Å². The van der Waals surface area contributed by atoms with Crippen LogP contribution in [-0.4, -0.2) is 16.4 Å². The lowest BCUT2D eigenvalue weighted by atomic mass is 9.95. The van der Waals surface area contributed by atoms with Crippen LogP contribution in [0, 0.1) is 0 Å². The Hall–Kier alpha value is -3.07. The van der Waals surface area contributed by atoms with Crippen LogP contribution < -0.4 is 0 Å². The highest BCUT2D eigenvalue weighted by molar-refractivity contribution is 5.67. The second-order valence-corrected chi connectivity index (χ2v) is 4.97. The third-order valence-corrected chi connectivity index (χ3v) is 3.34. The molecule has 3 nitrogen and oxygen atoms in total. The highest BCUT2D eigenvalue weighted by Crippen LogP contribution is 2.25. The second-order valence-electron chi connectivity index (χ2n) is 4.97. The average Bonchev–Trinajstić information content (AvgIpc) is 2.57. The summed E-state index contributed by atoms with van der Waals surface area (Å²) >= 11 is 0. The van der Waals surface area contributed by atoms with Gasteiger partial charge in [-0.15, -0.1) is 0 Å². The Bertz CT molecular complexity index is 733. The van der Waals surface area contributed by atoms with Crippen molar-refractivity contribution in [3.8, 4) is 11.1 Å². The molecule has 2 N–H and O–H groups in total. The molecule has 0 radical (unpaired) electrons. The van der Waals surface area contributed by atoms with Gasteiger partial charge in [0.25, 0.3) is 0 Å². The summed E-state index contributed by atoms with van der Waals surface area (Å²) in [4.78, 5) is 8.56. The van der Waals surface area contributed by atoms with Crippen LogP contribution in [0.5, 0.6) is 0 Å². The molecule has 3 heteroatoms. The van der Waals surface area contributed by atoms with Crippen molar-refractivity contribution >= 4 is 6.16 Å². The second kappa shape index (κ2) is 8.39. The highest BCUT2D eigenvalue weighted by Gasteiger charge is 2.04. The monoisotopic (exact) mass is 306 g/mol. The molecule has 0 aliphatic heterocycles. The van der Waals surface area contributed by atoms with Crippen LogP contribution in [0.4, 0.5) is 4.79 Å². The molecule has 0 saturated carbocycles. The zero-order valence-corrected chi connectivity index (χ0v) is 12.6. The van der Waals surface area contributed by atoms with E-state index in [2.05, 4.69) is 84.9 Å². The zero-order valence-electron chi connectivity index (χ0n) is 12.6. The first-order chi connectivity index (χ1) is 11.2. The third kappa shape index (κ3) is 5.32. The van der Waals surface area contributed by atoms with Crippen molar-refractivity contribution in [1.29, 1.82) is 0 Å². The fraction of sp³-hybridized carbons (Fsp3) is 0.0500. The normalized spacial score (nSPS) is 9.57. The SMILES string of the molecule is O=C(O)O.c1ccc(Cc2ccccc2-c2ccccc2)cc1. The number of hydrogen-bond donors (Lipinski definition) is 2. The Morgan fingerprint density at radius 2 is 1.17 bits per heavy atom. The van der Waals surface area contributed by atoms with Gasteiger partial charge in [0.2, 0.25) is 0 Å². The molecule has 0 aliphatic rings. The average molecular weight is 306 g/mol. The Labute approximate surface area is 135 Å². The predicted octanol–water partition coefficient (Wildman–Crippen LogP) is 5.17. The fourth-order valence-corrected chi connectivity index (χ4v) is 2.39. The van der Waals surface area contributed by atoms with Crippen molar-refractivity contribution < 1.29 is 15.0 Å².